The minimum absolute atomic E-state index is 0. The number of aromatic nitrogens is 2. The van der Waals surface area contributed by atoms with Crippen LogP contribution in [-0.2, 0) is 20.4 Å². The van der Waals surface area contributed by atoms with Crippen molar-refractivity contribution in [1.82, 2.24) is 9.97 Å². The first-order chi connectivity index (χ1) is 14.4. The van der Waals surface area contributed by atoms with Crippen LogP contribution in [0.1, 0.15) is 34.1 Å². The van der Waals surface area contributed by atoms with Crippen LogP contribution in [-0.4, -0.2) is 34.2 Å². The third-order valence-corrected chi connectivity index (χ3v) is 4.34. The van der Waals surface area contributed by atoms with Gasteiger partial charge in [0.25, 0.3) is 0 Å². The molecule has 0 bridgehead atoms. The largest absolute Gasteiger partial charge is 0.403 e. The molecule has 0 amide bonds. The Morgan fingerprint density at radius 1 is 1.29 bits per heavy atom. The summed E-state index contributed by atoms with van der Waals surface area (Å²) >= 11 is 7.15. The maximum absolute atomic E-state index is 11.6. The molecule has 0 unspecified atom stereocenters. The van der Waals surface area contributed by atoms with Crippen LogP contribution in [0.2, 0.25) is 5.02 Å². The summed E-state index contributed by atoms with van der Waals surface area (Å²) in [6, 6.07) is 8.83. The monoisotopic (exact) mass is 636 g/mol. The van der Waals surface area contributed by atoms with E-state index in [1.54, 1.807) is 35.4 Å². The summed E-state index contributed by atoms with van der Waals surface area (Å²) in [6.45, 7) is 8.92. The third kappa shape index (κ3) is 8.19. The molecule has 1 aromatic heterocycles. The summed E-state index contributed by atoms with van der Waals surface area (Å²) in [5.41, 5.74) is 0.404. The fourth-order valence-electron chi connectivity index (χ4n) is 2.29. The van der Waals surface area contributed by atoms with Crippen LogP contribution in [0, 0.1) is 27.4 Å². The number of hydrogen-bond donors (Lipinski definition) is 1. The SMILES string of the molecule is CC.CCC.CSc1nc(Nc2ccc(Cl)cc2)c([N+](=O)[O-])c(N2C[C-](C#N)C2)n1.[Re]. The van der Waals surface area contributed by atoms with Crippen LogP contribution >= 0.6 is 23.4 Å². The molecule has 1 aliphatic heterocycles. The minimum Gasteiger partial charge on any atom is -0.403 e. The molecule has 169 valence electrons. The van der Waals surface area contributed by atoms with Gasteiger partial charge in [0.05, 0.1) is 4.92 Å². The Kier molecular flexibility index (Phi) is 13.9. The third-order valence-electron chi connectivity index (χ3n) is 3.54. The van der Waals surface area contributed by atoms with Gasteiger partial charge in [-0.25, -0.2) is 11.2 Å². The number of halogens is 1. The molecule has 1 N–H and O–H groups in total. The maximum Gasteiger partial charge on any atom is 0.353 e. The zero-order valence-corrected chi connectivity index (χ0v) is 22.4. The number of rotatable bonds is 5. The van der Waals surface area contributed by atoms with Gasteiger partial charge < -0.3 is 10.2 Å². The summed E-state index contributed by atoms with van der Waals surface area (Å²) in [7, 11) is 0. The molecule has 3 rings (SSSR count). The molecule has 11 heteroatoms. The molecule has 0 saturated carbocycles. The Bertz CT molecular complexity index is 873. The number of thioether (sulfide) groups is 1. The number of nitriles is 1. The molecular weight excluding hydrogens is 610 g/mol. The predicted octanol–water partition coefficient (Wildman–Crippen LogP) is 5.86. The van der Waals surface area contributed by atoms with E-state index >= 15 is 0 Å². The van der Waals surface area contributed by atoms with E-state index in [-0.39, 0.29) is 37.7 Å². The van der Waals surface area contributed by atoms with Crippen molar-refractivity contribution < 1.29 is 25.3 Å². The summed E-state index contributed by atoms with van der Waals surface area (Å²) in [6.07, 6.45) is 3.04. The van der Waals surface area contributed by atoms with Crippen molar-refractivity contribution in [2.75, 3.05) is 29.6 Å². The summed E-state index contributed by atoms with van der Waals surface area (Å²) < 4.78 is 0. The zero-order chi connectivity index (χ0) is 22.7. The second kappa shape index (κ2) is 14.9. The van der Waals surface area contributed by atoms with Crippen molar-refractivity contribution in [3.63, 3.8) is 0 Å². The van der Waals surface area contributed by atoms with E-state index in [4.69, 9.17) is 16.9 Å². The number of nitrogens with one attached hydrogen (secondary N) is 1. The average molecular weight is 636 g/mol. The quantitative estimate of drug-likeness (QED) is 0.143. The summed E-state index contributed by atoms with van der Waals surface area (Å²) in [5.74, 6) is 0.970. The number of nitro groups is 1. The van der Waals surface area contributed by atoms with Crippen LogP contribution in [0.15, 0.2) is 29.4 Å². The van der Waals surface area contributed by atoms with E-state index < -0.39 is 4.92 Å². The van der Waals surface area contributed by atoms with Crippen LogP contribution in [0.4, 0.5) is 23.0 Å². The van der Waals surface area contributed by atoms with Gasteiger partial charge in [0.2, 0.25) is 11.6 Å². The van der Waals surface area contributed by atoms with Crippen molar-refractivity contribution in [3.05, 3.63) is 45.3 Å². The minimum atomic E-state index is -0.512. The molecule has 8 nitrogen and oxygen atoms in total. The van der Waals surface area contributed by atoms with Gasteiger partial charge in [0, 0.05) is 31.1 Å². The second-order valence-corrected chi connectivity index (χ2v) is 7.11. The first-order valence-electron chi connectivity index (χ1n) is 9.56. The van der Waals surface area contributed by atoms with E-state index in [1.165, 1.54) is 18.2 Å². The second-order valence-electron chi connectivity index (χ2n) is 5.90. The Morgan fingerprint density at radius 2 is 1.84 bits per heavy atom. The van der Waals surface area contributed by atoms with E-state index in [1.807, 2.05) is 13.8 Å². The van der Waals surface area contributed by atoms with Crippen LogP contribution in [0.25, 0.3) is 0 Å². The molecule has 2 aromatic rings. The van der Waals surface area contributed by atoms with Crippen molar-refractivity contribution in [2.45, 2.75) is 39.3 Å². The van der Waals surface area contributed by atoms with Gasteiger partial charge in [-0.05, 0) is 30.5 Å². The maximum atomic E-state index is 11.6. The Balaban J connectivity index is 0.00000138. The molecule has 31 heavy (non-hydrogen) atoms. The Morgan fingerprint density at radius 3 is 2.29 bits per heavy atom. The Hall–Kier alpha value is -2.04. The van der Waals surface area contributed by atoms with Gasteiger partial charge in [-0.2, -0.15) is 9.97 Å². The van der Waals surface area contributed by atoms with E-state index in [0.717, 1.165) is 0 Å². The van der Waals surface area contributed by atoms with Crippen molar-refractivity contribution >= 4 is 46.4 Å². The molecule has 1 aliphatic rings. The number of nitrogens with zero attached hydrogens (tertiary/aromatic N) is 5. The predicted molar refractivity (Wildman–Crippen MR) is 124 cm³/mol. The molecule has 0 atom stereocenters. The molecule has 1 radical (unpaired) electrons. The van der Waals surface area contributed by atoms with Crippen LogP contribution < -0.4 is 10.2 Å². The molecular formula is C20H26ClN6O2ReS-. The van der Waals surface area contributed by atoms with Gasteiger partial charge in [-0.15, -0.1) is 0 Å². The molecule has 1 saturated heterocycles. The van der Waals surface area contributed by atoms with Crippen LogP contribution in [0.5, 0.6) is 0 Å². The fraction of sp³-hybridized carbons (Fsp3) is 0.400. The topological polar surface area (TPSA) is 108 Å². The molecule has 1 fully saturated rings. The van der Waals surface area contributed by atoms with Gasteiger partial charge in [0.15, 0.2) is 5.16 Å². The number of benzene rings is 1. The average Bonchev–Trinajstić information content (AvgIpc) is 2.70. The van der Waals surface area contributed by atoms with Crippen LogP contribution in [0.3, 0.4) is 0 Å². The first kappa shape index (κ1) is 29.0. The standard InChI is InChI=1S/C15H12ClN6O2S.C3H8.C2H6.Re/c1-25-15-19-13(18-11-4-2-10(16)3-5-11)12(22(23)24)14(20-15)21-7-9(6-17)8-21;1-3-2;1-2;/h2-5H,7-8H2,1H3,(H,18,19,20);3H2,1-2H3;1-2H3;/q-1;;;. The molecule has 0 aliphatic carbocycles. The molecule has 1 aromatic carbocycles. The fourth-order valence-corrected chi connectivity index (χ4v) is 2.78. The Labute approximate surface area is 206 Å². The summed E-state index contributed by atoms with van der Waals surface area (Å²) in [5, 5.41) is 24.5. The van der Waals surface area contributed by atoms with Gasteiger partial charge in [-0.1, -0.05) is 76.6 Å². The normalized spacial score (nSPS) is 11.4. The van der Waals surface area contributed by atoms with Crippen molar-refractivity contribution in [2.24, 2.45) is 0 Å². The smallest absolute Gasteiger partial charge is 0.353 e. The van der Waals surface area contributed by atoms with Crippen molar-refractivity contribution in [3.8, 4) is 6.07 Å². The first-order valence-corrected chi connectivity index (χ1v) is 11.2. The number of hydrogen-bond acceptors (Lipinski definition) is 8. The van der Waals surface area contributed by atoms with Crippen molar-refractivity contribution in [1.29, 1.82) is 5.26 Å². The van der Waals surface area contributed by atoms with Gasteiger partial charge in [-0.3, -0.25) is 10.1 Å². The number of anilines is 3. The molecule has 0 spiro atoms. The van der Waals surface area contributed by atoms with E-state index in [2.05, 4.69) is 35.2 Å². The van der Waals surface area contributed by atoms with Gasteiger partial charge >= 0.3 is 5.69 Å². The van der Waals surface area contributed by atoms with E-state index in [9.17, 15) is 10.1 Å². The summed E-state index contributed by atoms with van der Waals surface area (Å²) in [4.78, 5) is 21.3. The van der Waals surface area contributed by atoms with Gasteiger partial charge in [0.1, 0.15) is 0 Å². The van der Waals surface area contributed by atoms with E-state index in [0.29, 0.717) is 34.9 Å². The zero-order valence-electron chi connectivity index (χ0n) is 18.1. The molecule has 2 heterocycles.